The summed E-state index contributed by atoms with van der Waals surface area (Å²) in [5.74, 6) is -0.681. The first-order chi connectivity index (χ1) is 11.7. The van der Waals surface area contributed by atoms with E-state index in [0.717, 1.165) is 8.78 Å². The van der Waals surface area contributed by atoms with Crippen molar-refractivity contribution in [2.45, 2.75) is 11.8 Å². The first-order valence-electron chi connectivity index (χ1n) is 7.14. The van der Waals surface area contributed by atoms with Gasteiger partial charge in [0, 0.05) is 14.5 Å². The molecule has 0 aliphatic rings. The van der Waals surface area contributed by atoms with Crippen molar-refractivity contribution in [3.8, 4) is 0 Å². The van der Waals surface area contributed by atoms with Crippen molar-refractivity contribution in [3.05, 3.63) is 57.0 Å². The van der Waals surface area contributed by atoms with Crippen molar-refractivity contribution in [3.63, 3.8) is 0 Å². The molecule has 2 aromatic rings. The van der Waals surface area contributed by atoms with Crippen LogP contribution >= 0.6 is 39.1 Å². The third kappa shape index (κ3) is 5.10. The summed E-state index contributed by atoms with van der Waals surface area (Å²) in [7, 11) is -4.02. The minimum atomic E-state index is -4.02. The fraction of sp³-hybridized carbons (Fsp3) is 0.188. The third-order valence-corrected chi connectivity index (χ3v) is 5.87. The molecule has 0 unspecified atom stereocenters. The standard InChI is InChI=1S/C16H14BrCl2NO4S/c1-2-24-16(21)10-20(14-8-12(18)7-13(19)9-14)25(22,23)15-5-3-11(17)4-6-15/h3-9H,2,10H2,1H3. The topological polar surface area (TPSA) is 63.7 Å². The van der Waals surface area contributed by atoms with Crippen LogP contribution < -0.4 is 4.31 Å². The fourth-order valence-electron chi connectivity index (χ4n) is 2.06. The van der Waals surface area contributed by atoms with Crippen molar-refractivity contribution in [1.29, 1.82) is 0 Å². The van der Waals surface area contributed by atoms with Gasteiger partial charge in [-0.3, -0.25) is 9.10 Å². The van der Waals surface area contributed by atoms with E-state index in [1.54, 1.807) is 19.1 Å². The number of hydrogen-bond acceptors (Lipinski definition) is 4. The van der Waals surface area contributed by atoms with Crippen LogP contribution in [0.2, 0.25) is 10.0 Å². The number of sulfonamides is 1. The highest BCUT2D eigenvalue weighted by molar-refractivity contribution is 9.10. The van der Waals surface area contributed by atoms with Crippen LogP contribution in [0.1, 0.15) is 6.92 Å². The van der Waals surface area contributed by atoms with Gasteiger partial charge in [-0.25, -0.2) is 8.42 Å². The quantitative estimate of drug-likeness (QED) is 0.587. The molecule has 0 N–H and O–H groups in total. The normalized spacial score (nSPS) is 11.2. The zero-order valence-electron chi connectivity index (χ0n) is 13.1. The Kier molecular flexibility index (Phi) is 6.73. The first kappa shape index (κ1) is 20.0. The van der Waals surface area contributed by atoms with Gasteiger partial charge in [0.25, 0.3) is 10.0 Å². The van der Waals surface area contributed by atoms with Crippen molar-refractivity contribution >= 4 is 60.8 Å². The summed E-state index contributed by atoms with van der Waals surface area (Å²) in [6.45, 7) is 1.28. The number of benzene rings is 2. The predicted molar refractivity (Wildman–Crippen MR) is 102 cm³/mol. The first-order valence-corrected chi connectivity index (χ1v) is 10.1. The molecule has 0 saturated carbocycles. The maximum atomic E-state index is 13.0. The van der Waals surface area contributed by atoms with Crippen molar-refractivity contribution in [2.24, 2.45) is 0 Å². The summed E-state index contributed by atoms with van der Waals surface area (Å²) in [4.78, 5) is 12.0. The highest BCUT2D eigenvalue weighted by atomic mass is 79.9. The number of halogens is 3. The molecule has 0 amide bonds. The molecule has 9 heteroatoms. The molecule has 5 nitrogen and oxygen atoms in total. The van der Waals surface area contributed by atoms with E-state index in [2.05, 4.69) is 15.9 Å². The number of ether oxygens (including phenoxy) is 1. The van der Waals surface area contributed by atoms with Gasteiger partial charge >= 0.3 is 5.97 Å². The lowest BCUT2D eigenvalue weighted by Crippen LogP contribution is -2.36. The third-order valence-electron chi connectivity index (χ3n) is 3.11. The minimum absolute atomic E-state index is 0.0242. The summed E-state index contributed by atoms with van der Waals surface area (Å²) in [6, 6.07) is 10.4. The number of nitrogens with zero attached hydrogens (tertiary/aromatic N) is 1. The zero-order chi connectivity index (χ0) is 18.6. The summed E-state index contributed by atoms with van der Waals surface area (Å²) in [5, 5.41) is 0.504. The number of esters is 1. The van der Waals surface area contributed by atoms with Crippen LogP contribution in [0.25, 0.3) is 0 Å². The molecule has 0 aromatic heterocycles. The molecule has 0 heterocycles. The Balaban J connectivity index is 2.53. The summed E-state index contributed by atoms with van der Waals surface area (Å²) >= 11 is 15.2. The van der Waals surface area contributed by atoms with Crippen LogP contribution in [-0.4, -0.2) is 27.5 Å². The Morgan fingerprint density at radius 3 is 2.20 bits per heavy atom. The molecule has 0 aliphatic heterocycles. The monoisotopic (exact) mass is 465 g/mol. The smallest absolute Gasteiger partial charge is 0.326 e. The van der Waals surface area contributed by atoms with Crippen LogP contribution in [-0.2, 0) is 19.6 Å². The van der Waals surface area contributed by atoms with E-state index in [1.165, 1.54) is 30.3 Å². The van der Waals surface area contributed by atoms with Crippen LogP contribution in [0, 0.1) is 0 Å². The van der Waals surface area contributed by atoms with E-state index < -0.39 is 22.5 Å². The van der Waals surface area contributed by atoms with E-state index in [-0.39, 0.29) is 27.2 Å². The molecule has 2 rings (SSSR count). The molecule has 0 bridgehead atoms. The molecular formula is C16H14BrCl2NO4S. The summed E-state index contributed by atoms with van der Waals surface area (Å²) in [6.07, 6.45) is 0. The molecule has 0 spiro atoms. The second kappa shape index (κ2) is 8.40. The fourth-order valence-corrected chi connectivity index (χ4v) is 4.23. The highest BCUT2D eigenvalue weighted by Gasteiger charge is 2.28. The van der Waals surface area contributed by atoms with Gasteiger partial charge in [-0.2, -0.15) is 0 Å². The summed E-state index contributed by atoms with van der Waals surface area (Å²) < 4.78 is 32.6. The van der Waals surface area contributed by atoms with E-state index in [9.17, 15) is 13.2 Å². The molecule has 134 valence electrons. The van der Waals surface area contributed by atoms with Crippen LogP contribution in [0.15, 0.2) is 51.8 Å². The SMILES string of the molecule is CCOC(=O)CN(c1cc(Cl)cc(Cl)c1)S(=O)(=O)c1ccc(Br)cc1. The van der Waals surface area contributed by atoms with Gasteiger partial charge in [0.2, 0.25) is 0 Å². The maximum Gasteiger partial charge on any atom is 0.326 e. The lowest BCUT2D eigenvalue weighted by atomic mass is 10.3. The molecule has 0 fully saturated rings. The lowest BCUT2D eigenvalue weighted by Gasteiger charge is -2.24. The van der Waals surface area contributed by atoms with E-state index in [0.29, 0.717) is 0 Å². The number of rotatable bonds is 6. The van der Waals surface area contributed by atoms with Gasteiger partial charge < -0.3 is 4.74 Å². The van der Waals surface area contributed by atoms with Crippen molar-refractivity contribution < 1.29 is 17.9 Å². The number of carbonyl (C=O) groups is 1. The Bertz CT molecular complexity index is 852. The largest absolute Gasteiger partial charge is 0.465 e. The van der Waals surface area contributed by atoms with Crippen LogP contribution in [0.4, 0.5) is 5.69 Å². The van der Waals surface area contributed by atoms with Crippen molar-refractivity contribution in [2.75, 3.05) is 17.5 Å². The maximum absolute atomic E-state index is 13.0. The number of carbonyl (C=O) groups excluding carboxylic acids is 1. The molecular weight excluding hydrogens is 453 g/mol. The van der Waals surface area contributed by atoms with E-state index >= 15 is 0 Å². The van der Waals surface area contributed by atoms with Gasteiger partial charge in [0.15, 0.2) is 0 Å². The molecule has 0 aliphatic carbocycles. The van der Waals surface area contributed by atoms with Gasteiger partial charge in [0.1, 0.15) is 6.54 Å². The van der Waals surface area contributed by atoms with E-state index in [1.807, 2.05) is 0 Å². The second-order valence-electron chi connectivity index (χ2n) is 4.90. The number of hydrogen-bond donors (Lipinski definition) is 0. The Morgan fingerprint density at radius 1 is 1.12 bits per heavy atom. The number of anilines is 1. The zero-order valence-corrected chi connectivity index (χ0v) is 17.0. The molecule has 0 radical (unpaired) electrons. The average Bonchev–Trinajstić information content (AvgIpc) is 2.52. The van der Waals surface area contributed by atoms with Gasteiger partial charge in [-0.1, -0.05) is 39.1 Å². The molecule has 25 heavy (non-hydrogen) atoms. The van der Waals surface area contributed by atoms with Gasteiger partial charge in [0.05, 0.1) is 17.2 Å². The minimum Gasteiger partial charge on any atom is -0.465 e. The molecule has 2 aromatic carbocycles. The van der Waals surface area contributed by atoms with E-state index in [4.69, 9.17) is 27.9 Å². The lowest BCUT2D eigenvalue weighted by molar-refractivity contribution is -0.141. The highest BCUT2D eigenvalue weighted by Crippen LogP contribution is 2.30. The van der Waals surface area contributed by atoms with Crippen LogP contribution in [0.5, 0.6) is 0 Å². The van der Waals surface area contributed by atoms with Gasteiger partial charge in [-0.05, 0) is 49.4 Å². The molecule has 0 atom stereocenters. The molecule has 0 saturated heterocycles. The van der Waals surface area contributed by atoms with Gasteiger partial charge in [-0.15, -0.1) is 0 Å². The Hall–Kier alpha value is -1.28. The Labute approximate surface area is 164 Å². The Morgan fingerprint density at radius 2 is 1.68 bits per heavy atom. The predicted octanol–water partition coefficient (Wildman–Crippen LogP) is 4.51. The average molecular weight is 467 g/mol. The second-order valence-corrected chi connectivity index (χ2v) is 8.55. The van der Waals surface area contributed by atoms with Crippen LogP contribution in [0.3, 0.4) is 0 Å². The summed E-state index contributed by atoms with van der Waals surface area (Å²) in [5.41, 5.74) is 0.175. The van der Waals surface area contributed by atoms with Crippen molar-refractivity contribution in [1.82, 2.24) is 0 Å².